The van der Waals surface area contributed by atoms with Crippen LogP contribution in [-0.4, -0.2) is 35.4 Å². The number of carbonyl (C=O) groups is 3. The Kier molecular flexibility index (Phi) is 5.51. The highest BCUT2D eigenvalue weighted by molar-refractivity contribution is 7.98. The van der Waals surface area contributed by atoms with E-state index in [0.29, 0.717) is 0 Å². The molecule has 0 fully saturated rings. The highest BCUT2D eigenvalue weighted by atomic mass is 32.2. The molecule has 0 atom stereocenters. The standard InChI is InChI=1S/C12H13NO4S/c1-3-17-12(16)11(15)7-10(14)9-6-8(18-2)4-5-13-9/h4-6H,3,7H2,1-2H3. The summed E-state index contributed by atoms with van der Waals surface area (Å²) in [7, 11) is 0. The molecule has 1 heterocycles. The van der Waals surface area contributed by atoms with Gasteiger partial charge in [0.05, 0.1) is 13.0 Å². The maximum atomic E-state index is 11.7. The number of Topliss-reactive ketones (excluding diaryl/α,β-unsaturated/α-hetero) is 2. The summed E-state index contributed by atoms with van der Waals surface area (Å²) in [6.45, 7) is 1.70. The Hall–Kier alpha value is -1.69. The van der Waals surface area contributed by atoms with Crippen molar-refractivity contribution < 1.29 is 19.1 Å². The molecule has 0 saturated carbocycles. The van der Waals surface area contributed by atoms with E-state index in [2.05, 4.69) is 9.72 Å². The molecule has 0 radical (unpaired) electrons. The Bertz CT molecular complexity index is 473. The van der Waals surface area contributed by atoms with E-state index in [9.17, 15) is 14.4 Å². The van der Waals surface area contributed by atoms with Crippen LogP contribution in [0.3, 0.4) is 0 Å². The minimum atomic E-state index is -0.980. The van der Waals surface area contributed by atoms with Crippen molar-refractivity contribution >= 4 is 29.3 Å². The second kappa shape index (κ2) is 6.90. The van der Waals surface area contributed by atoms with Crippen molar-refractivity contribution in [3.63, 3.8) is 0 Å². The number of hydrogen-bond donors (Lipinski definition) is 0. The molecule has 0 aliphatic heterocycles. The third kappa shape index (κ3) is 3.96. The van der Waals surface area contributed by atoms with Crippen LogP contribution in [0.2, 0.25) is 0 Å². The average Bonchev–Trinajstić information content (AvgIpc) is 2.39. The summed E-state index contributed by atoms with van der Waals surface area (Å²) >= 11 is 1.46. The maximum absolute atomic E-state index is 11.7. The molecular formula is C12H13NO4S. The van der Waals surface area contributed by atoms with E-state index in [1.54, 1.807) is 19.1 Å². The molecule has 18 heavy (non-hydrogen) atoms. The van der Waals surface area contributed by atoms with Crippen molar-refractivity contribution in [2.24, 2.45) is 0 Å². The molecule has 1 rings (SSSR count). The lowest BCUT2D eigenvalue weighted by Gasteiger charge is -2.02. The highest BCUT2D eigenvalue weighted by Gasteiger charge is 2.20. The van der Waals surface area contributed by atoms with Crippen LogP contribution < -0.4 is 0 Å². The first kappa shape index (κ1) is 14.4. The van der Waals surface area contributed by atoms with Gasteiger partial charge in [-0.1, -0.05) is 0 Å². The largest absolute Gasteiger partial charge is 0.460 e. The van der Waals surface area contributed by atoms with Crippen LogP contribution in [0.4, 0.5) is 0 Å². The second-order valence-electron chi connectivity index (χ2n) is 3.32. The number of nitrogens with zero attached hydrogens (tertiary/aromatic N) is 1. The summed E-state index contributed by atoms with van der Waals surface area (Å²) in [6, 6.07) is 3.35. The lowest BCUT2D eigenvalue weighted by atomic mass is 10.1. The Balaban J connectivity index is 2.70. The van der Waals surface area contributed by atoms with E-state index in [1.165, 1.54) is 18.0 Å². The number of aromatic nitrogens is 1. The fourth-order valence-electron chi connectivity index (χ4n) is 1.21. The van der Waals surface area contributed by atoms with Gasteiger partial charge in [0.2, 0.25) is 5.78 Å². The smallest absolute Gasteiger partial charge is 0.375 e. The SMILES string of the molecule is CCOC(=O)C(=O)CC(=O)c1cc(SC)ccn1. The molecule has 0 aromatic carbocycles. The first-order valence-corrected chi connectivity index (χ1v) is 6.54. The lowest BCUT2D eigenvalue weighted by Crippen LogP contribution is -2.21. The first-order chi connectivity index (χ1) is 8.58. The lowest BCUT2D eigenvalue weighted by molar-refractivity contribution is -0.153. The molecule has 0 N–H and O–H groups in total. The Morgan fingerprint density at radius 1 is 1.39 bits per heavy atom. The van der Waals surface area contributed by atoms with Crippen molar-refractivity contribution in [3.05, 3.63) is 24.0 Å². The second-order valence-corrected chi connectivity index (χ2v) is 4.20. The summed E-state index contributed by atoms with van der Waals surface area (Å²) in [5, 5.41) is 0. The van der Waals surface area contributed by atoms with Crippen molar-refractivity contribution in [1.82, 2.24) is 4.98 Å². The molecule has 5 nitrogen and oxygen atoms in total. The van der Waals surface area contributed by atoms with E-state index < -0.39 is 24.0 Å². The molecule has 0 spiro atoms. The van der Waals surface area contributed by atoms with Crippen molar-refractivity contribution in [2.45, 2.75) is 18.2 Å². The summed E-state index contributed by atoms with van der Waals surface area (Å²) in [6.07, 6.45) is 2.85. The number of esters is 1. The van der Waals surface area contributed by atoms with E-state index in [-0.39, 0.29) is 12.3 Å². The molecule has 0 aliphatic carbocycles. The van der Waals surface area contributed by atoms with Crippen LogP contribution in [0.15, 0.2) is 23.2 Å². The number of ether oxygens (including phenoxy) is 1. The van der Waals surface area contributed by atoms with Crippen LogP contribution in [0.1, 0.15) is 23.8 Å². The van der Waals surface area contributed by atoms with Crippen LogP contribution in [-0.2, 0) is 14.3 Å². The van der Waals surface area contributed by atoms with Gasteiger partial charge in [-0.25, -0.2) is 4.79 Å². The van der Waals surface area contributed by atoms with Crippen LogP contribution in [0.5, 0.6) is 0 Å². The van der Waals surface area contributed by atoms with Gasteiger partial charge < -0.3 is 4.74 Å². The minimum Gasteiger partial charge on any atom is -0.460 e. The van der Waals surface area contributed by atoms with Crippen molar-refractivity contribution in [2.75, 3.05) is 12.9 Å². The predicted molar refractivity (Wildman–Crippen MR) is 66.6 cm³/mol. The highest BCUT2D eigenvalue weighted by Crippen LogP contribution is 2.15. The van der Waals surface area contributed by atoms with Crippen molar-refractivity contribution in [1.29, 1.82) is 0 Å². The third-order valence-corrected chi connectivity index (χ3v) is 2.80. The zero-order valence-electron chi connectivity index (χ0n) is 10.1. The van der Waals surface area contributed by atoms with Crippen LogP contribution in [0.25, 0.3) is 0 Å². The van der Waals surface area contributed by atoms with E-state index in [1.807, 2.05) is 6.26 Å². The molecule has 96 valence electrons. The quantitative estimate of drug-likeness (QED) is 0.256. The van der Waals surface area contributed by atoms with Gasteiger partial charge >= 0.3 is 5.97 Å². The van der Waals surface area contributed by atoms with Gasteiger partial charge in [0.25, 0.3) is 0 Å². The minimum absolute atomic E-state index is 0.110. The maximum Gasteiger partial charge on any atom is 0.375 e. The number of rotatable bonds is 6. The Morgan fingerprint density at radius 3 is 2.72 bits per heavy atom. The molecule has 1 aromatic rings. The molecule has 0 amide bonds. The molecule has 1 aromatic heterocycles. The topological polar surface area (TPSA) is 73.3 Å². The summed E-state index contributed by atoms with van der Waals surface area (Å²) in [5.74, 6) is -2.31. The number of thioether (sulfide) groups is 1. The van der Waals surface area contributed by atoms with Crippen molar-refractivity contribution in [3.8, 4) is 0 Å². The van der Waals surface area contributed by atoms with E-state index in [0.717, 1.165) is 4.90 Å². The number of pyridine rings is 1. The summed E-state index contributed by atoms with van der Waals surface area (Å²) < 4.78 is 4.52. The fourth-order valence-corrected chi connectivity index (χ4v) is 1.64. The molecule has 0 aliphatic rings. The van der Waals surface area contributed by atoms with Gasteiger partial charge in [-0.3, -0.25) is 14.6 Å². The number of hydrogen-bond acceptors (Lipinski definition) is 6. The van der Waals surface area contributed by atoms with Gasteiger partial charge in [0.15, 0.2) is 5.78 Å². The first-order valence-electron chi connectivity index (χ1n) is 5.31. The molecule has 0 unspecified atom stereocenters. The zero-order valence-corrected chi connectivity index (χ0v) is 11.0. The van der Waals surface area contributed by atoms with Gasteiger partial charge in [-0.05, 0) is 25.3 Å². The Morgan fingerprint density at radius 2 is 2.11 bits per heavy atom. The van der Waals surface area contributed by atoms with Gasteiger partial charge in [-0.2, -0.15) is 0 Å². The summed E-state index contributed by atoms with van der Waals surface area (Å²) in [4.78, 5) is 38.9. The van der Waals surface area contributed by atoms with Gasteiger partial charge in [0, 0.05) is 11.1 Å². The predicted octanol–water partition coefficient (Wildman–Crippen LogP) is 1.51. The van der Waals surface area contributed by atoms with Crippen LogP contribution >= 0.6 is 11.8 Å². The average molecular weight is 267 g/mol. The molecule has 6 heteroatoms. The molecule has 0 saturated heterocycles. The molecule has 0 bridgehead atoms. The summed E-state index contributed by atoms with van der Waals surface area (Å²) in [5.41, 5.74) is 0.180. The number of ketones is 2. The zero-order chi connectivity index (χ0) is 13.5. The third-order valence-electron chi connectivity index (χ3n) is 2.08. The van der Waals surface area contributed by atoms with Crippen LogP contribution in [0, 0.1) is 0 Å². The number of carbonyl (C=O) groups excluding carboxylic acids is 3. The fraction of sp³-hybridized carbons (Fsp3) is 0.333. The van der Waals surface area contributed by atoms with E-state index in [4.69, 9.17) is 0 Å². The normalized spacial score (nSPS) is 9.89. The monoisotopic (exact) mass is 267 g/mol. The molecular weight excluding hydrogens is 254 g/mol. The van der Waals surface area contributed by atoms with Gasteiger partial charge in [0.1, 0.15) is 5.69 Å². The van der Waals surface area contributed by atoms with Gasteiger partial charge in [-0.15, -0.1) is 11.8 Å². The van der Waals surface area contributed by atoms with E-state index >= 15 is 0 Å². The Labute approximate surface area is 109 Å².